The first-order chi connectivity index (χ1) is 7.11. The summed E-state index contributed by atoms with van der Waals surface area (Å²) in [6, 6.07) is 3.91. The summed E-state index contributed by atoms with van der Waals surface area (Å²) < 4.78 is 0. The highest BCUT2D eigenvalue weighted by atomic mass is 16.1. The number of aryl methyl sites for hydroxylation is 1. The molecule has 82 valence electrons. The Morgan fingerprint density at radius 2 is 2.27 bits per heavy atom. The Morgan fingerprint density at radius 3 is 2.80 bits per heavy atom. The topological polar surface area (TPSA) is 54.0 Å². The average Bonchev–Trinajstić information content (AvgIpc) is 2.21. The molecule has 4 nitrogen and oxygen atoms in total. The summed E-state index contributed by atoms with van der Waals surface area (Å²) in [5.41, 5.74) is 1.69. The van der Waals surface area contributed by atoms with Crippen molar-refractivity contribution in [3.05, 3.63) is 24.0 Å². The fourth-order valence-corrected chi connectivity index (χ4v) is 1.13. The standard InChI is InChI=1S/C11H17N3O/c1-8-4-5-10(7-13-8)14-11(15)6-9(2)12-3/h4-5,7,9,12H,6H2,1-3H3,(H,14,15). The Hall–Kier alpha value is -1.42. The minimum absolute atomic E-state index is 0.00232. The fourth-order valence-electron chi connectivity index (χ4n) is 1.13. The molecule has 1 atom stereocenters. The van der Waals surface area contributed by atoms with Gasteiger partial charge in [-0.15, -0.1) is 0 Å². The molecular formula is C11H17N3O. The number of pyridine rings is 1. The third-order valence-corrected chi connectivity index (χ3v) is 2.18. The maximum absolute atomic E-state index is 11.5. The van der Waals surface area contributed by atoms with Gasteiger partial charge < -0.3 is 10.6 Å². The van der Waals surface area contributed by atoms with Crippen LogP contribution >= 0.6 is 0 Å². The lowest BCUT2D eigenvalue weighted by molar-refractivity contribution is -0.116. The molecule has 1 aromatic rings. The first kappa shape index (κ1) is 11.7. The van der Waals surface area contributed by atoms with E-state index in [2.05, 4.69) is 15.6 Å². The average molecular weight is 207 g/mol. The van der Waals surface area contributed by atoms with Gasteiger partial charge in [0.2, 0.25) is 5.91 Å². The zero-order valence-corrected chi connectivity index (χ0v) is 9.37. The third kappa shape index (κ3) is 4.08. The molecule has 4 heteroatoms. The molecule has 0 aliphatic carbocycles. The Balaban J connectivity index is 2.48. The number of hydrogen-bond acceptors (Lipinski definition) is 3. The molecule has 1 heterocycles. The van der Waals surface area contributed by atoms with Crippen molar-refractivity contribution in [1.82, 2.24) is 10.3 Å². The minimum atomic E-state index is 0.00232. The summed E-state index contributed by atoms with van der Waals surface area (Å²) in [6.45, 7) is 3.88. The van der Waals surface area contributed by atoms with Gasteiger partial charge in [-0.1, -0.05) is 0 Å². The Kier molecular flexibility index (Phi) is 4.24. The van der Waals surface area contributed by atoms with Gasteiger partial charge in [-0.25, -0.2) is 0 Å². The van der Waals surface area contributed by atoms with E-state index in [-0.39, 0.29) is 11.9 Å². The Bertz CT molecular complexity index is 321. The van der Waals surface area contributed by atoms with E-state index in [0.717, 1.165) is 11.4 Å². The van der Waals surface area contributed by atoms with Crippen molar-refractivity contribution in [3.8, 4) is 0 Å². The smallest absolute Gasteiger partial charge is 0.225 e. The van der Waals surface area contributed by atoms with Crippen molar-refractivity contribution in [2.45, 2.75) is 26.3 Å². The van der Waals surface area contributed by atoms with Crippen LogP contribution in [0, 0.1) is 6.92 Å². The van der Waals surface area contributed by atoms with E-state index in [1.54, 1.807) is 6.20 Å². The number of amides is 1. The summed E-state index contributed by atoms with van der Waals surface area (Å²) in [7, 11) is 1.84. The van der Waals surface area contributed by atoms with Crippen LogP contribution in [0.25, 0.3) is 0 Å². The monoisotopic (exact) mass is 207 g/mol. The van der Waals surface area contributed by atoms with Gasteiger partial charge in [-0.2, -0.15) is 0 Å². The van der Waals surface area contributed by atoms with Crippen LogP contribution in [-0.2, 0) is 4.79 Å². The second kappa shape index (κ2) is 5.46. The largest absolute Gasteiger partial charge is 0.325 e. The quantitative estimate of drug-likeness (QED) is 0.783. The highest BCUT2D eigenvalue weighted by Gasteiger charge is 2.06. The predicted octanol–water partition coefficient (Wildman–Crippen LogP) is 1.33. The molecule has 2 N–H and O–H groups in total. The van der Waals surface area contributed by atoms with E-state index in [4.69, 9.17) is 0 Å². The first-order valence-corrected chi connectivity index (χ1v) is 5.01. The molecule has 0 saturated carbocycles. The van der Waals surface area contributed by atoms with E-state index < -0.39 is 0 Å². The molecule has 1 rings (SSSR count). The predicted molar refractivity (Wildman–Crippen MR) is 60.7 cm³/mol. The molecule has 0 bridgehead atoms. The lowest BCUT2D eigenvalue weighted by Crippen LogP contribution is -2.27. The van der Waals surface area contributed by atoms with Crippen LogP contribution in [0.5, 0.6) is 0 Å². The molecule has 0 aliphatic heterocycles. The SMILES string of the molecule is CNC(C)CC(=O)Nc1ccc(C)nc1. The van der Waals surface area contributed by atoms with Crippen LogP contribution in [0.1, 0.15) is 19.0 Å². The van der Waals surface area contributed by atoms with Crippen LogP contribution in [-0.4, -0.2) is 24.0 Å². The van der Waals surface area contributed by atoms with Crippen LogP contribution in [0.4, 0.5) is 5.69 Å². The number of nitrogens with one attached hydrogen (secondary N) is 2. The van der Waals surface area contributed by atoms with E-state index in [1.807, 2.05) is 33.0 Å². The first-order valence-electron chi connectivity index (χ1n) is 5.01. The van der Waals surface area contributed by atoms with Crippen molar-refractivity contribution < 1.29 is 4.79 Å². The van der Waals surface area contributed by atoms with Crippen molar-refractivity contribution in [2.24, 2.45) is 0 Å². The van der Waals surface area contributed by atoms with E-state index in [1.165, 1.54) is 0 Å². The molecule has 1 unspecified atom stereocenters. The maximum Gasteiger partial charge on any atom is 0.225 e. The van der Waals surface area contributed by atoms with Crippen molar-refractivity contribution in [1.29, 1.82) is 0 Å². The molecule has 0 radical (unpaired) electrons. The number of carbonyl (C=O) groups excluding carboxylic acids is 1. The molecular weight excluding hydrogens is 190 g/mol. The molecule has 15 heavy (non-hydrogen) atoms. The summed E-state index contributed by atoms with van der Waals surface area (Å²) in [4.78, 5) is 15.6. The van der Waals surface area contributed by atoms with Gasteiger partial charge in [0.25, 0.3) is 0 Å². The molecule has 1 aromatic heterocycles. The van der Waals surface area contributed by atoms with Gasteiger partial charge in [0.05, 0.1) is 11.9 Å². The minimum Gasteiger partial charge on any atom is -0.325 e. The normalized spacial score (nSPS) is 12.2. The van der Waals surface area contributed by atoms with Crippen LogP contribution in [0.15, 0.2) is 18.3 Å². The van der Waals surface area contributed by atoms with Crippen molar-refractivity contribution in [3.63, 3.8) is 0 Å². The van der Waals surface area contributed by atoms with Crippen LogP contribution in [0.2, 0.25) is 0 Å². The van der Waals surface area contributed by atoms with Gasteiger partial charge in [-0.05, 0) is 33.0 Å². The molecule has 0 aromatic carbocycles. The molecule has 0 saturated heterocycles. The molecule has 0 spiro atoms. The van der Waals surface area contributed by atoms with E-state index in [9.17, 15) is 4.79 Å². The highest BCUT2D eigenvalue weighted by Crippen LogP contribution is 2.06. The number of rotatable bonds is 4. The van der Waals surface area contributed by atoms with Gasteiger partial charge in [0.1, 0.15) is 0 Å². The van der Waals surface area contributed by atoms with E-state index >= 15 is 0 Å². The zero-order valence-electron chi connectivity index (χ0n) is 9.37. The number of hydrogen-bond donors (Lipinski definition) is 2. The maximum atomic E-state index is 11.5. The summed E-state index contributed by atoms with van der Waals surface area (Å²) in [5, 5.41) is 5.81. The summed E-state index contributed by atoms with van der Waals surface area (Å²) >= 11 is 0. The lowest BCUT2D eigenvalue weighted by atomic mass is 10.2. The Morgan fingerprint density at radius 1 is 1.53 bits per heavy atom. The van der Waals surface area contributed by atoms with Crippen molar-refractivity contribution >= 4 is 11.6 Å². The Labute approximate surface area is 90.1 Å². The number of nitrogens with zero attached hydrogens (tertiary/aromatic N) is 1. The number of anilines is 1. The fraction of sp³-hybridized carbons (Fsp3) is 0.455. The van der Waals surface area contributed by atoms with Gasteiger partial charge >= 0.3 is 0 Å². The van der Waals surface area contributed by atoms with Crippen LogP contribution < -0.4 is 10.6 Å². The molecule has 1 amide bonds. The summed E-state index contributed by atoms with van der Waals surface area (Å²) in [6.07, 6.45) is 2.13. The summed E-state index contributed by atoms with van der Waals surface area (Å²) in [5.74, 6) is 0.00232. The number of carbonyl (C=O) groups is 1. The van der Waals surface area contributed by atoms with Crippen LogP contribution in [0.3, 0.4) is 0 Å². The van der Waals surface area contributed by atoms with Crippen molar-refractivity contribution in [2.75, 3.05) is 12.4 Å². The molecule has 0 fully saturated rings. The highest BCUT2D eigenvalue weighted by molar-refractivity contribution is 5.90. The second-order valence-corrected chi connectivity index (χ2v) is 3.63. The van der Waals surface area contributed by atoms with E-state index in [0.29, 0.717) is 6.42 Å². The van der Waals surface area contributed by atoms with Gasteiger partial charge in [0, 0.05) is 18.2 Å². The second-order valence-electron chi connectivity index (χ2n) is 3.63. The number of aromatic nitrogens is 1. The molecule has 0 aliphatic rings. The van der Waals surface area contributed by atoms with Gasteiger partial charge in [-0.3, -0.25) is 9.78 Å². The lowest BCUT2D eigenvalue weighted by Gasteiger charge is -2.10. The zero-order chi connectivity index (χ0) is 11.3. The van der Waals surface area contributed by atoms with Gasteiger partial charge in [0.15, 0.2) is 0 Å². The third-order valence-electron chi connectivity index (χ3n) is 2.18.